The monoisotopic (exact) mass is 380 g/mol. The molecule has 2 aromatic rings. The summed E-state index contributed by atoms with van der Waals surface area (Å²) in [6, 6.07) is 3.22. The van der Waals surface area contributed by atoms with Crippen LogP contribution in [0, 0.1) is 18.6 Å². The SMILES string of the molecule is Cc1cnn(Cc2cc(F)ccc2F)c1NC(=O)CCN1CCSC1=O. The highest BCUT2D eigenvalue weighted by atomic mass is 32.2. The van der Waals surface area contributed by atoms with E-state index < -0.39 is 11.6 Å². The summed E-state index contributed by atoms with van der Waals surface area (Å²) in [5, 5.41) is 6.87. The third-order valence-electron chi connectivity index (χ3n) is 4.06. The van der Waals surface area contributed by atoms with Gasteiger partial charge in [0.2, 0.25) is 5.91 Å². The average molecular weight is 380 g/mol. The Morgan fingerprint density at radius 3 is 2.92 bits per heavy atom. The highest BCUT2D eigenvalue weighted by Crippen LogP contribution is 2.20. The molecule has 1 fully saturated rings. The quantitative estimate of drug-likeness (QED) is 0.837. The number of carbonyl (C=O) groups excluding carboxylic acids is 2. The molecule has 1 aromatic carbocycles. The van der Waals surface area contributed by atoms with E-state index in [0.717, 1.165) is 24.0 Å². The molecular weight excluding hydrogens is 362 g/mol. The van der Waals surface area contributed by atoms with Gasteiger partial charge in [-0.05, 0) is 25.1 Å². The number of hydrogen-bond acceptors (Lipinski definition) is 4. The van der Waals surface area contributed by atoms with Crippen molar-refractivity contribution in [1.82, 2.24) is 14.7 Å². The first-order valence-corrected chi connectivity index (χ1v) is 9.10. The van der Waals surface area contributed by atoms with Crippen molar-refractivity contribution in [3.05, 3.63) is 47.2 Å². The van der Waals surface area contributed by atoms with Crippen molar-refractivity contribution in [1.29, 1.82) is 0 Å². The van der Waals surface area contributed by atoms with E-state index in [1.54, 1.807) is 18.0 Å². The Bertz CT molecular complexity index is 840. The molecule has 0 spiro atoms. The molecule has 26 heavy (non-hydrogen) atoms. The molecule has 2 heterocycles. The van der Waals surface area contributed by atoms with E-state index in [4.69, 9.17) is 0 Å². The van der Waals surface area contributed by atoms with Crippen molar-refractivity contribution in [3.63, 3.8) is 0 Å². The van der Waals surface area contributed by atoms with Gasteiger partial charge in [-0.3, -0.25) is 9.59 Å². The highest BCUT2D eigenvalue weighted by Gasteiger charge is 2.22. The zero-order valence-corrected chi connectivity index (χ0v) is 15.0. The molecular formula is C17H18F2N4O2S. The number of hydrogen-bond donors (Lipinski definition) is 1. The summed E-state index contributed by atoms with van der Waals surface area (Å²) in [7, 11) is 0. The van der Waals surface area contributed by atoms with Crippen LogP contribution in [-0.4, -0.2) is 44.7 Å². The molecule has 1 aromatic heterocycles. The van der Waals surface area contributed by atoms with Crippen LogP contribution in [0.15, 0.2) is 24.4 Å². The first-order chi connectivity index (χ1) is 12.4. The second kappa shape index (κ2) is 7.86. The molecule has 138 valence electrons. The first kappa shape index (κ1) is 18.4. The molecule has 1 N–H and O–H groups in total. The summed E-state index contributed by atoms with van der Waals surface area (Å²) in [6.45, 7) is 2.76. The number of rotatable bonds is 6. The number of aromatic nitrogens is 2. The molecule has 1 aliphatic heterocycles. The summed E-state index contributed by atoms with van der Waals surface area (Å²) in [5.41, 5.74) is 0.853. The minimum atomic E-state index is -0.540. The number of nitrogens with one attached hydrogen (secondary N) is 1. The second-order valence-corrected chi connectivity index (χ2v) is 7.02. The van der Waals surface area contributed by atoms with Crippen LogP contribution in [0.5, 0.6) is 0 Å². The second-order valence-electron chi connectivity index (χ2n) is 5.97. The molecule has 0 radical (unpaired) electrons. The van der Waals surface area contributed by atoms with Crippen LogP contribution < -0.4 is 5.32 Å². The lowest BCUT2D eigenvalue weighted by atomic mass is 10.2. The molecule has 0 saturated carbocycles. The standard InChI is InChI=1S/C17H18F2N4O2S/c1-11-9-20-23(10-12-8-13(18)2-3-14(12)19)16(11)21-15(24)4-5-22-6-7-26-17(22)25/h2-3,8-9H,4-7,10H2,1H3,(H,21,24). The summed E-state index contributed by atoms with van der Waals surface area (Å²) in [5.74, 6) is -0.170. The lowest BCUT2D eigenvalue weighted by molar-refractivity contribution is -0.116. The lowest BCUT2D eigenvalue weighted by Crippen LogP contribution is -2.28. The molecule has 0 atom stereocenters. The van der Waals surface area contributed by atoms with Crippen LogP contribution >= 0.6 is 11.8 Å². The number of nitrogens with zero attached hydrogens (tertiary/aromatic N) is 3. The van der Waals surface area contributed by atoms with Crippen molar-refractivity contribution in [3.8, 4) is 0 Å². The van der Waals surface area contributed by atoms with Crippen LogP contribution in [-0.2, 0) is 11.3 Å². The van der Waals surface area contributed by atoms with Gasteiger partial charge in [0.1, 0.15) is 17.5 Å². The number of amides is 2. The topological polar surface area (TPSA) is 67.2 Å². The molecule has 1 saturated heterocycles. The smallest absolute Gasteiger partial charge is 0.281 e. The summed E-state index contributed by atoms with van der Waals surface area (Å²) in [4.78, 5) is 25.4. The number of anilines is 1. The van der Waals surface area contributed by atoms with Gasteiger partial charge in [0.25, 0.3) is 5.24 Å². The zero-order chi connectivity index (χ0) is 18.7. The third kappa shape index (κ3) is 4.21. The third-order valence-corrected chi connectivity index (χ3v) is 4.95. The molecule has 0 bridgehead atoms. The first-order valence-electron chi connectivity index (χ1n) is 8.12. The largest absolute Gasteiger partial charge is 0.332 e. The molecule has 3 rings (SSSR count). The van der Waals surface area contributed by atoms with E-state index in [1.807, 2.05) is 0 Å². The Morgan fingerprint density at radius 1 is 1.38 bits per heavy atom. The number of thioether (sulfide) groups is 1. The van der Waals surface area contributed by atoms with Crippen LogP contribution in [0.4, 0.5) is 19.4 Å². The minimum absolute atomic E-state index is 0.00566. The van der Waals surface area contributed by atoms with Gasteiger partial charge in [-0.2, -0.15) is 5.10 Å². The fourth-order valence-corrected chi connectivity index (χ4v) is 3.50. The van der Waals surface area contributed by atoms with Crippen molar-refractivity contribution in [2.75, 3.05) is 24.2 Å². The van der Waals surface area contributed by atoms with E-state index in [2.05, 4.69) is 10.4 Å². The fraction of sp³-hybridized carbons (Fsp3) is 0.353. The van der Waals surface area contributed by atoms with E-state index >= 15 is 0 Å². The Kier molecular flexibility index (Phi) is 5.55. The Labute approximate surface area is 153 Å². The van der Waals surface area contributed by atoms with Crippen molar-refractivity contribution in [2.45, 2.75) is 19.9 Å². The predicted molar refractivity (Wildman–Crippen MR) is 95.1 cm³/mol. The van der Waals surface area contributed by atoms with Crippen molar-refractivity contribution >= 4 is 28.7 Å². The van der Waals surface area contributed by atoms with Gasteiger partial charge in [-0.15, -0.1) is 0 Å². The number of benzene rings is 1. The van der Waals surface area contributed by atoms with E-state index in [0.29, 0.717) is 24.5 Å². The Balaban J connectivity index is 1.66. The molecule has 0 aliphatic carbocycles. The highest BCUT2D eigenvalue weighted by molar-refractivity contribution is 8.13. The van der Waals surface area contributed by atoms with E-state index in [9.17, 15) is 18.4 Å². The van der Waals surface area contributed by atoms with Gasteiger partial charge in [0.05, 0.1) is 12.7 Å². The predicted octanol–water partition coefficient (Wildman–Crippen LogP) is 3.02. The van der Waals surface area contributed by atoms with Crippen molar-refractivity contribution < 1.29 is 18.4 Å². The van der Waals surface area contributed by atoms with Gasteiger partial charge in [0.15, 0.2) is 0 Å². The minimum Gasteiger partial charge on any atom is -0.332 e. The van der Waals surface area contributed by atoms with Gasteiger partial charge < -0.3 is 10.2 Å². The average Bonchev–Trinajstić information content (AvgIpc) is 3.16. The van der Waals surface area contributed by atoms with E-state index in [-0.39, 0.29) is 29.7 Å². The maximum atomic E-state index is 13.9. The zero-order valence-electron chi connectivity index (χ0n) is 14.2. The molecule has 6 nitrogen and oxygen atoms in total. The molecule has 9 heteroatoms. The summed E-state index contributed by atoms with van der Waals surface area (Å²) < 4.78 is 28.6. The summed E-state index contributed by atoms with van der Waals surface area (Å²) >= 11 is 1.25. The maximum absolute atomic E-state index is 13.9. The number of carbonyl (C=O) groups is 2. The molecule has 2 amide bonds. The van der Waals surface area contributed by atoms with Gasteiger partial charge >= 0.3 is 0 Å². The van der Waals surface area contributed by atoms with Crippen LogP contribution in [0.1, 0.15) is 17.5 Å². The fourth-order valence-electron chi connectivity index (χ4n) is 2.65. The Morgan fingerprint density at radius 2 is 2.19 bits per heavy atom. The normalized spacial score (nSPS) is 14.1. The Hall–Kier alpha value is -2.42. The van der Waals surface area contributed by atoms with Crippen LogP contribution in [0.3, 0.4) is 0 Å². The van der Waals surface area contributed by atoms with E-state index in [1.165, 1.54) is 16.4 Å². The maximum Gasteiger partial charge on any atom is 0.281 e. The lowest BCUT2D eigenvalue weighted by Gasteiger charge is -2.15. The summed E-state index contributed by atoms with van der Waals surface area (Å²) in [6.07, 6.45) is 1.71. The molecule has 1 aliphatic rings. The van der Waals surface area contributed by atoms with Gasteiger partial charge in [-0.25, -0.2) is 13.5 Å². The van der Waals surface area contributed by atoms with Gasteiger partial charge in [-0.1, -0.05) is 11.8 Å². The van der Waals surface area contributed by atoms with Gasteiger partial charge in [0, 0.05) is 36.4 Å². The molecule has 0 unspecified atom stereocenters. The van der Waals surface area contributed by atoms with Crippen LogP contribution in [0.2, 0.25) is 0 Å². The van der Waals surface area contributed by atoms with Crippen LogP contribution in [0.25, 0.3) is 0 Å². The number of halogens is 2. The number of aryl methyl sites for hydroxylation is 1. The van der Waals surface area contributed by atoms with Crippen molar-refractivity contribution in [2.24, 2.45) is 0 Å².